The van der Waals surface area contributed by atoms with Crippen molar-refractivity contribution in [2.75, 3.05) is 26.4 Å². The summed E-state index contributed by atoms with van der Waals surface area (Å²) in [6, 6.07) is 9.34. The van der Waals surface area contributed by atoms with Gasteiger partial charge in [0, 0.05) is 0 Å². The molecule has 1 N–H and O–H groups in total. The lowest BCUT2D eigenvalue weighted by Crippen LogP contribution is -2.41. The van der Waals surface area contributed by atoms with Gasteiger partial charge in [-0.1, -0.05) is 37.6 Å². The molecule has 0 spiro atoms. The van der Waals surface area contributed by atoms with Crippen molar-refractivity contribution < 1.29 is 9.47 Å². The van der Waals surface area contributed by atoms with E-state index in [1.165, 1.54) is 30.4 Å². The molecule has 2 unspecified atom stereocenters. The second-order valence-electron chi connectivity index (χ2n) is 6.21. The van der Waals surface area contributed by atoms with Crippen LogP contribution in [0.4, 0.5) is 0 Å². The van der Waals surface area contributed by atoms with Crippen molar-refractivity contribution in [2.24, 2.45) is 0 Å². The standard InChI is InChI=1S/C18H27NO2/c1-2-9-19-18(17-13-20-10-11-21-17)16-8-4-7-15(12-16)14-5-3-6-14/h4,7-8,12,14,17-19H,2-3,5-6,9-11,13H2,1H3. The van der Waals surface area contributed by atoms with Crippen LogP contribution in [0.15, 0.2) is 24.3 Å². The van der Waals surface area contributed by atoms with Crippen LogP contribution >= 0.6 is 0 Å². The van der Waals surface area contributed by atoms with Crippen molar-refractivity contribution in [1.82, 2.24) is 5.32 Å². The molecule has 21 heavy (non-hydrogen) atoms. The molecular formula is C18H27NO2. The largest absolute Gasteiger partial charge is 0.376 e. The third kappa shape index (κ3) is 3.65. The first-order valence-electron chi connectivity index (χ1n) is 8.41. The maximum absolute atomic E-state index is 5.94. The third-order valence-electron chi connectivity index (χ3n) is 4.67. The molecular weight excluding hydrogens is 262 g/mol. The Hall–Kier alpha value is -0.900. The molecule has 3 nitrogen and oxygen atoms in total. The zero-order valence-electron chi connectivity index (χ0n) is 13.0. The molecule has 1 heterocycles. The van der Waals surface area contributed by atoms with E-state index in [4.69, 9.17) is 9.47 Å². The molecule has 1 aliphatic heterocycles. The van der Waals surface area contributed by atoms with Gasteiger partial charge in [-0.15, -0.1) is 0 Å². The van der Waals surface area contributed by atoms with Crippen molar-refractivity contribution in [3.05, 3.63) is 35.4 Å². The number of nitrogens with one attached hydrogen (secondary N) is 1. The van der Waals surface area contributed by atoms with Gasteiger partial charge < -0.3 is 14.8 Å². The van der Waals surface area contributed by atoms with Crippen LogP contribution in [0.5, 0.6) is 0 Å². The molecule has 1 saturated heterocycles. The first kappa shape index (κ1) is 15.0. The summed E-state index contributed by atoms with van der Waals surface area (Å²) < 4.78 is 11.6. The van der Waals surface area contributed by atoms with Gasteiger partial charge in [0.05, 0.1) is 25.9 Å². The number of hydrogen-bond donors (Lipinski definition) is 1. The second kappa shape index (κ2) is 7.39. The van der Waals surface area contributed by atoms with E-state index >= 15 is 0 Å². The first-order chi connectivity index (χ1) is 10.4. The number of rotatable bonds is 6. The van der Waals surface area contributed by atoms with Crippen LogP contribution in [-0.4, -0.2) is 32.5 Å². The summed E-state index contributed by atoms with van der Waals surface area (Å²) in [5.74, 6) is 0.778. The molecule has 116 valence electrons. The van der Waals surface area contributed by atoms with E-state index in [1.54, 1.807) is 0 Å². The minimum atomic E-state index is 0.127. The molecule has 1 aromatic rings. The van der Waals surface area contributed by atoms with Gasteiger partial charge in [0.2, 0.25) is 0 Å². The summed E-state index contributed by atoms with van der Waals surface area (Å²) >= 11 is 0. The molecule has 1 saturated carbocycles. The minimum absolute atomic E-state index is 0.127. The van der Waals surface area contributed by atoms with Crippen LogP contribution in [0, 0.1) is 0 Å². The Morgan fingerprint density at radius 2 is 2.19 bits per heavy atom. The predicted octanol–water partition coefficient (Wildman–Crippen LogP) is 3.41. The average Bonchev–Trinajstić information content (AvgIpc) is 2.47. The highest BCUT2D eigenvalue weighted by atomic mass is 16.6. The smallest absolute Gasteiger partial charge is 0.100 e. The van der Waals surface area contributed by atoms with Gasteiger partial charge in [0.25, 0.3) is 0 Å². The highest BCUT2D eigenvalue weighted by molar-refractivity contribution is 5.30. The lowest BCUT2D eigenvalue weighted by atomic mass is 9.79. The van der Waals surface area contributed by atoms with Gasteiger partial charge in [-0.2, -0.15) is 0 Å². The minimum Gasteiger partial charge on any atom is -0.376 e. The Kier molecular flexibility index (Phi) is 5.28. The molecule has 2 aliphatic rings. The van der Waals surface area contributed by atoms with E-state index in [0.29, 0.717) is 13.2 Å². The average molecular weight is 289 g/mol. The van der Waals surface area contributed by atoms with Gasteiger partial charge in [-0.3, -0.25) is 0 Å². The number of ether oxygens (including phenoxy) is 2. The Bertz CT molecular complexity index is 439. The summed E-state index contributed by atoms with van der Waals surface area (Å²) in [4.78, 5) is 0. The van der Waals surface area contributed by atoms with Gasteiger partial charge in [-0.25, -0.2) is 0 Å². The van der Waals surface area contributed by atoms with E-state index in [0.717, 1.165) is 25.5 Å². The fourth-order valence-corrected chi connectivity index (χ4v) is 3.21. The van der Waals surface area contributed by atoms with Crippen LogP contribution in [-0.2, 0) is 9.47 Å². The molecule has 0 aromatic heterocycles. The molecule has 3 heteroatoms. The highest BCUT2D eigenvalue weighted by Crippen LogP contribution is 2.37. The van der Waals surface area contributed by atoms with E-state index in [9.17, 15) is 0 Å². The third-order valence-corrected chi connectivity index (χ3v) is 4.67. The van der Waals surface area contributed by atoms with Gasteiger partial charge in [-0.05, 0) is 42.9 Å². The summed E-state index contributed by atoms with van der Waals surface area (Å²) in [6.07, 6.45) is 5.33. The monoisotopic (exact) mass is 289 g/mol. The quantitative estimate of drug-likeness (QED) is 0.870. The van der Waals surface area contributed by atoms with Crippen molar-refractivity contribution in [1.29, 1.82) is 0 Å². The Morgan fingerprint density at radius 1 is 1.29 bits per heavy atom. The fourth-order valence-electron chi connectivity index (χ4n) is 3.21. The van der Waals surface area contributed by atoms with Gasteiger partial charge >= 0.3 is 0 Å². The van der Waals surface area contributed by atoms with Crippen molar-refractivity contribution in [2.45, 2.75) is 50.7 Å². The van der Waals surface area contributed by atoms with Crippen molar-refractivity contribution in [3.8, 4) is 0 Å². The Balaban J connectivity index is 1.77. The maximum Gasteiger partial charge on any atom is 0.100 e. The molecule has 2 atom stereocenters. The SMILES string of the molecule is CCCNC(c1cccc(C2CCC2)c1)C1COCCO1. The zero-order valence-corrected chi connectivity index (χ0v) is 13.0. The van der Waals surface area contributed by atoms with E-state index < -0.39 is 0 Å². The van der Waals surface area contributed by atoms with Crippen LogP contribution in [0.2, 0.25) is 0 Å². The molecule has 0 bridgehead atoms. The topological polar surface area (TPSA) is 30.5 Å². The van der Waals surface area contributed by atoms with E-state index in [1.807, 2.05) is 0 Å². The lowest BCUT2D eigenvalue weighted by molar-refractivity contribution is -0.102. The second-order valence-corrected chi connectivity index (χ2v) is 6.21. The molecule has 0 radical (unpaired) electrons. The van der Waals surface area contributed by atoms with E-state index in [-0.39, 0.29) is 12.1 Å². The van der Waals surface area contributed by atoms with Gasteiger partial charge in [0.1, 0.15) is 6.10 Å². The van der Waals surface area contributed by atoms with Crippen molar-refractivity contribution in [3.63, 3.8) is 0 Å². The molecule has 0 amide bonds. The molecule has 3 rings (SSSR count). The molecule has 1 aliphatic carbocycles. The van der Waals surface area contributed by atoms with Crippen molar-refractivity contribution >= 4 is 0 Å². The summed E-state index contributed by atoms with van der Waals surface area (Å²) in [5, 5.41) is 3.65. The van der Waals surface area contributed by atoms with Crippen LogP contribution in [0.1, 0.15) is 55.7 Å². The lowest BCUT2D eigenvalue weighted by Gasteiger charge is -2.32. The van der Waals surface area contributed by atoms with Crippen LogP contribution < -0.4 is 5.32 Å². The van der Waals surface area contributed by atoms with Gasteiger partial charge in [0.15, 0.2) is 0 Å². The van der Waals surface area contributed by atoms with E-state index in [2.05, 4.69) is 36.5 Å². The molecule has 1 aromatic carbocycles. The first-order valence-corrected chi connectivity index (χ1v) is 8.41. The summed E-state index contributed by atoms with van der Waals surface area (Å²) in [6.45, 7) is 5.33. The molecule has 2 fully saturated rings. The van der Waals surface area contributed by atoms with Crippen LogP contribution in [0.3, 0.4) is 0 Å². The van der Waals surface area contributed by atoms with Crippen LogP contribution in [0.25, 0.3) is 0 Å². The number of benzene rings is 1. The summed E-state index contributed by atoms with van der Waals surface area (Å²) in [5.41, 5.74) is 2.85. The maximum atomic E-state index is 5.94. The zero-order chi connectivity index (χ0) is 14.5. The number of hydrogen-bond acceptors (Lipinski definition) is 3. The Labute approximate surface area is 128 Å². The normalized spacial score (nSPS) is 24.5. The fraction of sp³-hybridized carbons (Fsp3) is 0.667. The predicted molar refractivity (Wildman–Crippen MR) is 84.6 cm³/mol. The highest BCUT2D eigenvalue weighted by Gasteiger charge is 2.27. The Morgan fingerprint density at radius 3 is 2.86 bits per heavy atom. The summed E-state index contributed by atoms with van der Waals surface area (Å²) in [7, 11) is 0.